The smallest absolute Gasteiger partial charge is 0.232 e. The van der Waals surface area contributed by atoms with Crippen LogP contribution in [0.3, 0.4) is 0 Å². The number of ether oxygens (including phenoxy) is 1. The van der Waals surface area contributed by atoms with Gasteiger partial charge in [0.15, 0.2) is 0 Å². The SMILES string of the molecule is CCCCNC(=O)CCN(c1ccc(OC)cc1)S(C)(=O)=O. The van der Waals surface area contributed by atoms with Crippen molar-refractivity contribution in [3.8, 4) is 5.75 Å². The number of sulfonamides is 1. The maximum atomic E-state index is 11.9. The van der Waals surface area contributed by atoms with Crippen molar-refractivity contribution in [2.24, 2.45) is 0 Å². The van der Waals surface area contributed by atoms with Crippen LogP contribution in [-0.4, -0.2) is 40.8 Å². The Morgan fingerprint density at radius 2 is 1.91 bits per heavy atom. The molecule has 0 saturated heterocycles. The predicted octanol–water partition coefficient (Wildman–Crippen LogP) is 1.77. The molecular formula is C15H24N2O4S. The third-order valence-electron chi connectivity index (χ3n) is 3.16. The number of carbonyl (C=O) groups is 1. The van der Waals surface area contributed by atoms with Crippen LogP contribution in [0, 0.1) is 0 Å². The van der Waals surface area contributed by atoms with Crippen LogP contribution in [0.1, 0.15) is 26.2 Å². The van der Waals surface area contributed by atoms with Crippen LogP contribution in [0.2, 0.25) is 0 Å². The number of anilines is 1. The molecule has 0 aliphatic heterocycles. The number of hydrogen-bond donors (Lipinski definition) is 1. The normalized spacial score (nSPS) is 11.0. The Balaban J connectivity index is 2.71. The minimum atomic E-state index is -3.45. The number of unbranched alkanes of at least 4 members (excludes halogenated alkanes) is 1. The second-order valence-corrected chi connectivity index (χ2v) is 6.89. The van der Waals surface area contributed by atoms with Crippen molar-refractivity contribution in [3.63, 3.8) is 0 Å². The standard InChI is InChI=1S/C15H24N2O4S/c1-4-5-11-16-15(18)10-12-17(22(3,19)20)13-6-8-14(21-2)9-7-13/h6-9H,4-5,10-12H2,1-3H3,(H,16,18). The van der Waals surface area contributed by atoms with Crippen LogP contribution in [0.15, 0.2) is 24.3 Å². The van der Waals surface area contributed by atoms with Gasteiger partial charge in [0.25, 0.3) is 0 Å². The lowest BCUT2D eigenvalue weighted by Gasteiger charge is -2.22. The Bertz CT molecular complexity index is 570. The summed E-state index contributed by atoms with van der Waals surface area (Å²) in [6.45, 7) is 2.78. The third kappa shape index (κ3) is 5.93. The summed E-state index contributed by atoms with van der Waals surface area (Å²) in [4.78, 5) is 11.7. The van der Waals surface area contributed by atoms with E-state index in [1.807, 2.05) is 6.92 Å². The first-order valence-electron chi connectivity index (χ1n) is 7.27. The highest BCUT2D eigenvalue weighted by Crippen LogP contribution is 2.21. The topological polar surface area (TPSA) is 75.7 Å². The number of benzene rings is 1. The van der Waals surface area contributed by atoms with Crippen LogP contribution in [-0.2, 0) is 14.8 Å². The summed E-state index contributed by atoms with van der Waals surface area (Å²) in [7, 11) is -1.90. The average molecular weight is 328 g/mol. The summed E-state index contributed by atoms with van der Waals surface area (Å²) in [5, 5.41) is 2.78. The maximum Gasteiger partial charge on any atom is 0.232 e. The van der Waals surface area contributed by atoms with E-state index in [-0.39, 0.29) is 18.9 Å². The number of methoxy groups -OCH3 is 1. The Morgan fingerprint density at radius 1 is 1.27 bits per heavy atom. The molecule has 0 unspecified atom stereocenters. The van der Waals surface area contributed by atoms with Gasteiger partial charge in [0.05, 0.1) is 19.1 Å². The van der Waals surface area contributed by atoms with Gasteiger partial charge < -0.3 is 10.1 Å². The lowest BCUT2D eigenvalue weighted by atomic mass is 10.3. The van der Waals surface area contributed by atoms with Crippen LogP contribution >= 0.6 is 0 Å². The molecule has 1 rings (SSSR count). The van der Waals surface area contributed by atoms with Gasteiger partial charge in [-0.2, -0.15) is 0 Å². The molecule has 1 aromatic carbocycles. The molecule has 0 radical (unpaired) electrons. The largest absolute Gasteiger partial charge is 0.497 e. The van der Waals surface area contributed by atoms with Crippen molar-refractivity contribution < 1.29 is 17.9 Å². The zero-order valence-corrected chi connectivity index (χ0v) is 14.1. The van der Waals surface area contributed by atoms with Gasteiger partial charge in [-0.05, 0) is 30.7 Å². The fourth-order valence-corrected chi connectivity index (χ4v) is 2.86. The quantitative estimate of drug-likeness (QED) is 0.701. The summed E-state index contributed by atoms with van der Waals surface area (Å²) in [5.74, 6) is 0.505. The monoisotopic (exact) mass is 328 g/mol. The lowest BCUT2D eigenvalue weighted by molar-refractivity contribution is -0.120. The average Bonchev–Trinajstić information content (AvgIpc) is 2.47. The number of amides is 1. The maximum absolute atomic E-state index is 11.9. The second kappa shape index (κ2) is 8.63. The Labute approximate surface area is 132 Å². The molecule has 0 atom stereocenters. The zero-order chi connectivity index (χ0) is 16.6. The van der Waals surface area contributed by atoms with Crippen molar-refractivity contribution in [2.45, 2.75) is 26.2 Å². The van der Waals surface area contributed by atoms with Crippen molar-refractivity contribution in [3.05, 3.63) is 24.3 Å². The summed E-state index contributed by atoms with van der Waals surface area (Å²) < 4.78 is 30.1. The van der Waals surface area contributed by atoms with E-state index in [2.05, 4.69) is 5.32 Å². The molecule has 1 amide bonds. The number of carbonyl (C=O) groups excluding carboxylic acids is 1. The number of hydrogen-bond acceptors (Lipinski definition) is 4. The van der Waals surface area contributed by atoms with Gasteiger partial charge in [-0.25, -0.2) is 8.42 Å². The van der Waals surface area contributed by atoms with E-state index >= 15 is 0 Å². The number of rotatable bonds is 9. The summed E-state index contributed by atoms with van der Waals surface area (Å²) >= 11 is 0. The van der Waals surface area contributed by atoms with E-state index in [1.165, 1.54) is 4.31 Å². The summed E-state index contributed by atoms with van der Waals surface area (Å²) in [6, 6.07) is 6.70. The Hall–Kier alpha value is -1.76. The van der Waals surface area contributed by atoms with Crippen molar-refractivity contribution in [2.75, 3.05) is 30.8 Å². The first kappa shape index (κ1) is 18.3. The molecule has 0 spiro atoms. The first-order chi connectivity index (χ1) is 10.4. The van der Waals surface area contributed by atoms with Gasteiger partial charge >= 0.3 is 0 Å². The van der Waals surface area contributed by atoms with Gasteiger partial charge in [-0.3, -0.25) is 9.10 Å². The van der Waals surface area contributed by atoms with E-state index < -0.39 is 10.0 Å². The van der Waals surface area contributed by atoms with E-state index in [0.29, 0.717) is 18.0 Å². The molecule has 0 saturated carbocycles. The molecule has 0 aliphatic carbocycles. The number of nitrogens with zero attached hydrogens (tertiary/aromatic N) is 1. The molecule has 124 valence electrons. The molecule has 0 aliphatic rings. The second-order valence-electron chi connectivity index (χ2n) is 4.99. The molecule has 6 nitrogen and oxygen atoms in total. The summed E-state index contributed by atoms with van der Waals surface area (Å²) in [5.41, 5.74) is 0.518. The van der Waals surface area contributed by atoms with E-state index in [9.17, 15) is 13.2 Å². The lowest BCUT2D eigenvalue weighted by Crippen LogP contribution is -2.34. The summed E-state index contributed by atoms with van der Waals surface area (Å²) in [6.07, 6.45) is 3.18. The fraction of sp³-hybridized carbons (Fsp3) is 0.533. The van der Waals surface area contributed by atoms with Gasteiger partial charge in [0.2, 0.25) is 15.9 Å². The van der Waals surface area contributed by atoms with Crippen molar-refractivity contribution >= 4 is 21.6 Å². The highest BCUT2D eigenvalue weighted by molar-refractivity contribution is 7.92. The molecular weight excluding hydrogens is 304 g/mol. The first-order valence-corrected chi connectivity index (χ1v) is 9.11. The fourth-order valence-electron chi connectivity index (χ4n) is 1.93. The minimum absolute atomic E-state index is 0.114. The highest BCUT2D eigenvalue weighted by atomic mass is 32.2. The van der Waals surface area contributed by atoms with Crippen LogP contribution in [0.5, 0.6) is 5.75 Å². The molecule has 7 heteroatoms. The van der Waals surface area contributed by atoms with Gasteiger partial charge in [0, 0.05) is 19.5 Å². The third-order valence-corrected chi connectivity index (χ3v) is 4.35. The Morgan fingerprint density at radius 3 is 2.41 bits per heavy atom. The molecule has 0 bridgehead atoms. The highest BCUT2D eigenvalue weighted by Gasteiger charge is 2.18. The molecule has 22 heavy (non-hydrogen) atoms. The molecule has 1 aromatic rings. The van der Waals surface area contributed by atoms with E-state index in [0.717, 1.165) is 19.1 Å². The predicted molar refractivity (Wildman–Crippen MR) is 87.7 cm³/mol. The van der Waals surface area contributed by atoms with Gasteiger partial charge in [0.1, 0.15) is 5.75 Å². The van der Waals surface area contributed by atoms with Crippen LogP contribution < -0.4 is 14.4 Å². The van der Waals surface area contributed by atoms with Crippen LogP contribution in [0.25, 0.3) is 0 Å². The molecule has 0 fully saturated rings. The van der Waals surface area contributed by atoms with Crippen molar-refractivity contribution in [1.29, 1.82) is 0 Å². The van der Waals surface area contributed by atoms with Crippen LogP contribution in [0.4, 0.5) is 5.69 Å². The zero-order valence-electron chi connectivity index (χ0n) is 13.3. The Kier molecular flexibility index (Phi) is 7.17. The molecule has 1 N–H and O–H groups in total. The van der Waals surface area contributed by atoms with E-state index in [1.54, 1.807) is 31.4 Å². The van der Waals surface area contributed by atoms with Gasteiger partial charge in [-0.15, -0.1) is 0 Å². The van der Waals surface area contributed by atoms with Gasteiger partial charge in [-0.1, -0.05) is 13.3 Å². The number of nitrogens with one attached hydrogen (secondary N) is 1. The molecule has 0 heterocycles. The van der Waals surface area contributed by atoms with E-state index in [4.69, 9.17) is 4.74 Å². The van der Waals surface area contributed by atoms with Crippen molar-refractivity contribution in [1.82, 2.24) is 5.32 Å². The minimum Gasteiger partial charge on any atom is -0.497 e. The molecule has 0 aromatic heterocycles.